The monoisotopic (exact) mass is 353 g/mol. The van der Waals surface area contributed by atoms with Crippen molar-refractivity contribution in [3.63, 3.8) is 0 Å². The van der Waals surface area contributed by atoms with Crippen LogP contribution in [0.5, 0.6) is 5.75 Å². The Hall–Kier alpha value is -2.40. The van der Waals surface area contributed by atoms with E-state index in [1.807, 2.05) is 38.1 Å². The van der Waals surface area contributed by atoms with E-state index < -0.39 is 0 Å². The van der Waals surface area contributed by atoms with Gasteiger partial charge in [-0.2, -0.15) is 0 Å². The normalized spacial score (nSPS) is 15.6. The van der Waals surface area contributed by atoms with E-state index in [9.17, 15) is 4.79 Å². The van der Waals surface area contributed by atoms with Crippen molar-refractivity contribution in [1.29, 1.82) is 0 Å². The first-order valence-electron chi connectivity index (χ1n) is 9.26. The number of likely N-dealkylation sites (tertiary alicyclic amines) is 1. The van der Waals surface area contributed by atoms with Gasteiger partial charge in [-0.3, -0.25) is 9.78 Å². The molecule has 0 bridgehead atoms. The zero-order chi connectivity index (χ0) is 18.4. The fourth-order valence-corrected chi connectivity index (χ4v) is 3.20. The number of hydrogen-bond donors (Lipinski definition) is 1. The highest BCUT2D eigenvalue weighted by Gasteiger charge is 2.21. The van der Waals surface area contributed by atoms with Crippen molar-refractivity contribution in [1.82, 2.24) is 9.88 Å². The minimum atomic E-state index is 0.0763. The molecule has 5 nitrogen and oxygen atoms in total. The van der Waals surface area contributed by atoms with Crippen molar-refractivity contribution in [2.75, 3.05) is 25.0 Å². The van der Waals surface area contributed by atoms with Crippen molar-refractivity contribution in [2.24, 2.45) is 0 Å². The Morgan fingerprint density at radius 3 is 2.81 bits per heavy atom. The van der Waals surface area contributed by atoms with Gasteiger partial charge in [0, 0.05) is 37.9 Å². The van der Waals surface area contributed by atoms with Crippen LogP contribution in [0, 0.1) is 13.8 Å². The Labute approximate surface area is 155 Å². The third kappa shape index (κ3) is 5.30. The average Bonchev–Trinajstić information content (AvgIpc) is 2.65. The molecule has 1 N–H and O–H groups in total. The molecular formula is C21H27N3O2. The van der Waals surface area contributed by atoms with Crippen LogP contribution in [0.3, 0.4) is 0 Å². The fraction of sp³-hybridized carbons (Fsp3) is 0.429. The molecule has 0 radical (unpaired) electrons. The maximum absolute atomic E-state index is 12.3. The van der Waals surface area contributed by atoms with Gasteiger partial charge < -0.3 is 15.0 Å². The lowest BCUT2D eigenvalue weighted by Gasteiger charge is -2.31. The largest absolute Gasteiger partial charge is 0.489 e. The molecule has 0 unspecified atom stereocenters. The molecule has 1 aliphatic heterocycles. The summed E-state index contributed by atoms with van der Waals surface area (Å²) in [6.45, 7) is 6.76. The van der Waals surface area contributed by atoms with Gasteiger partial charge in [-0.25, -0.2) is 0 Å². The summed E-state index contributed by atoms with van der Waals surface area (Å²) in [4.78, 5) is 18.7. The van der Waals surface area contributed by atoms with Gasteiger partial charge in [0.05, 0.1) is 6.20 Å². The van der Waals surface area contributed by atoms with E-state index in [4.69, 9.17) is 4.74 Å². The number of nitrogens with one attached hydrogen (secondary N) is 1. The number of pyridine rings is 1. The SMILES string of the molecule is Cc1ccc(C)c(NC(=O)CCN2CCC(Oc3cccnc3)CC2)c1. The molecule has 1 saturated heterocycles. The topological polar surface area (TPSA) is 54.5 Å². The van der Waals surface area contributed by atoms with Crippen molar-refractivity contribution in [3.05, 3.63) is 53.9 Å². The van der Waals surface area contributed by atoms with Crippen molar-refractivity contribution in [3.8, 4) is 5.75 Å². The van der Waals surface area contributed by atoms with Crippen LogP contribution in [0.15, 0.2) is 42.7 Å². The van der Waals surface area contributed by atoms with Gasteiger partial charge in [0.15, 0.2) is 0 Å². The number of aryl methyl sites for hydroxylation is 2. The zero-order valence-electron chi connectivity index (χ0n) is 15.6. The number of anilines is 1. The summed E-state index contributed by atoms with van der Waals surface area (Å²) in [6, 6.07) is 9.95. The van der Waals surface area contributed by atoms with Crippen LogP contribution in [0.1, 0.15) is 30.4 Å². The highest BCUT2D eigenvalue weighted by Crippen LogP contribution is 2.19. The third-order valence-electron chi connectivity index (χ3n) is 4.79. The number of ether oxygens (including phenoxy) is 1. The van der Waals surface area contributed by atoms with E-state index in [1.165, 1.54) is 0 Å². The fourth-order valence-electron chi connectivity index (χ4n) is 3.20. The van der Waals surface area contributed by atoms with Gasteiger partial charge in [-0.05, 0) is 56.0 Å². The number of aromatic nitrogens is 1. The molecule has 3 rings (SSSR count). The van der Waals surface area contributed by atoms with Crippen LogP contribution in [0.25, 0.3) is 0 Å². The molecule has 138 valence electrons. The predicted molar refractivity (Wildman–Crippen MR) is 103 cm³/mol. The molecule has 1 fully saturated rings. The number of hydrogen-bond acceptors (Lipinski definition) is 4. The number of nitrogens with zero attached hydrogens (tertiary/aromatic N) is 2. The minimum absolute atomic E-state index is 0.0763. The number of carbonyl (C=O) groups is 1. The van der Waals surface area contributed by atoms with Crippen molar-refractivity contribution < 1.29 is 9.53 Å². The van der Waals surface area contributed by atoms with Crippen LogP contribution in [-0.2, 0) is 4.79 Å². The number of carbonyl (C=O) groups excluding carboxylic acids is 1. The summed E-state index contributed by atoms with van der Waals surface area (Å²) in [6.07, 6.45) is 6.21. The number of piperidine rings is 1. The molecule has 2 heterocycles. The lowest BCUT2D eigenvalue weighted by molar-refractivity contribution is -0.116. The van der Waals surface area contributed by atoms with Gasteiger partial charge in [0.25, 0.3) is 0 Å². The summed E-state index contributed by atoms with van der Waals surface area (Å²) in [5.74, 6) is 0.909. The van der Waals surface area contributed by atoms with Crippen LogP contribution in [0.4, 0.5) is 5.69 Å². The second-order valence-electron chi connectivity index (χ2n) is 6.96. The first-order valence-corrected chi connectivity index (χ1v) is 9.26. The van der Waals surface area contributed by atoms with Gasteiger partial charge in [-0.1, -0.05) is 12.1 Å². The van der Waals surface area contributed by atoms with E-state index in [0.717, 1.165) is 55.0 Å². The smallest absolute Gasteiger partial charge is 0.225 e. The quantitative estimate of drug-likeness (QED) is 0.863. The van der Waals surface area contributed by atoms with Gasteiger partial charge in [0.2, 0.25) is 5.91 Å². The van der Waals surface area contributed by atoms with Crippen LogP contribution in [-0.4, -0.2) is 41.5 Å². The van der Waals surface area contributed by atoms with Crippen molar-refractivity contribution >= 4 is 11.6 Å². The Kier molecular flexibility index (Phi) is 6.23. The van der Waals surface area contributed by atoms with Crippen LogP contribution in [0.2, 0.25) is 0 Å². The molecule has 0 spiro atoms. The molecule has 1 aromatic carbocycles. The summed E-state index contributed by atoms with van der Waals surface area (Å²) in [7, 11) is 0. The molecular weight excluding hydrogens is 326 g/mol. The van der Waals surface area contributed by atoms with E-state index in [2.05, 4.69) is 21.3 Å². The summed E-state index contributed by atoms with van der Waals surface area (Å²) >= 11 is 0. The summed E-state index contributed by atoms with van der Waals surface area (Å²) in [5.41, 5.74) is 3.16. The van der Waals surface area contributed by atoms with E-state index in [0.29, 0.717) is 6.42 Å². The Bertz CT molecular complexity index is 725. The number of benzene rings is 1. The van der Waals surface area contributed by atoms with Crippen LogP contribution >= 0.6 is 0 Å². The average molecular weight is 353 g/mol. The lowest BCUT2D eigenvalue weighted by atomic mass is 10.1. The number of rotatable bonds is 6. The standard InChI is InChI=1S/C21H27N3O2/c1-16-5-6-17(2)20(14-16)23-21(25)9-13-24-11-7-18(8-12-24)26-19-4-3-10-22-15-19/h3-6,10,14-15,18H,7-9,11-13H2,1-2H3,(H,23,25). The van der Waals surface area contributed by atoms with E-state index >= 15 is 0 Å². The van der Waals surface area contributed by atoms with Crippen LogP contribution < -0.4 is 10.1 Å². The first kappa shape index (κ1) is 18.4. The van der Waals surface area contributed by atoms with E-state index in [1.54, 1.807) is 12.4 Å². The first-order chi connectivity index (χ1) is 12.6. The molecule has 5 heteroatoms. The molecule has 0 saturated carbocycles. The molecule has 1 amide bonds. The Balaban J connectivity index is 1.39. The minimum Gasteiger partial charge on any atom is -0.489 e. The van der Waals surface area contributed by atoms with Gasteiger partial charge in [0.1, 0.15) is 11.9 Å². The molecule has 0 aliphatic carbocycles. The highest BCUT2D eigenvalue weighted by atomic mass is 16.5. The highest BCUT2D eigenvalue weighted by molar-refractivity contribution is 5.91. The molecule has 1 aromatic heterocycles. The van der Waals surface area contributed by atoms with Crippen molar-refractivity contribution in [2.45, 2.75) is 39.2 Å². The Morgan fingerprint density at radius 2 is 2.08 bits per heavy atom. The lowest BCUT2D eigenvalue weighted by Crippen LogP contribution is -2.39. The maximum atomic E-state index is 12.3. The summed E-state index contributed by atoms with van der Waals surface area (Å²) < 4.78 is 5.96. The van der Waals surface area contributed by atoms with E-state index in [-0.39, 0.29) is 12.0 Å². The molecule has 2 aromatic rings. The van der Waals surface area contributed by atoms with Gasteiger partial charge >= 0.3 is 0 Å². The second-order valence-corrected chi connectivity index (χ2v) is 6.96. The molecule has 26 heavy (non-hydrogen) atoms. The Morgan fingerprint density at radius 1 is 1.27 bits per heavy atom. The zero-order valence-corrected chi connectivity index (χ0v) is 15.6. The molecule has 0 atom stereocenters. The second kappa shape index (κ2) is 8.81. The summed E-state index contributed by atoms with van der Waals surface area (Å²) in [5, 5.41) is 3.03. The molecule has 1 aliphatic rings. The predicted octanol–water partition coefficient (Wildman–Crippen LogP) is 3.57. The third-order valence-corrected chi connectivity index (χ3v) is 4.79. The maximum Gasteiger partial charge on any atom is 0.225 e. The van der Waals surface area contributed by atoms with Gasteiger partial charge in [-0.15, -0.1) is 0 Å². The number of amides is 1.